The van der Waals surface area contributed by atoms with Crippen LogP contribution in [0.15, 0.2) is 42.5 Å². The molecule has 40 heavy (non-hydrogen) atoms. The highest BCUT2D eigenvalue weighted by Gasteiger charge is 2.41. The Hall–Kier alpha value is -3.60. The second-order valence-corrected chi connectivity index (χ2v) is 11.0. The van der Waals surface area contributed by atoms with E-state index >= 15 is 0 Å². The van der Waals surface area contributed by atoms with Crippen molar-refractivity contribution in [2.24, 2.45) is 0 Å². The van der Waals surface area contributed by atoms with Gasteiger partial charge in [0.05, 0.1) is 0 Å². The van der Waals surface area contributed by atoms with Crippen LogP contribution in [-0.2, 0) is 16.1 Å². The van der Waals surface area contributed by atoms with Crippen LogP contribution in [0.4, 0.5) is 13.2 Å². The number of carbonyl (C=O) groups excluding carboxylic acids is 3. The number of hydrogen-bond donors (Lipinski definition) is 1. The van der Waals surface area contributed by atoms with Crippen LogP contribution in [-0.4, -0.2) is 65.2 Å². The predicted molar refractivity (Wildman–Crippen MR) is 137 cm³/mol. The molecule has 1 unspecified atom stereocenters. The second kappa shape index (κ2) is 10.4. The number of imide groups is 1. The summed E-state index contributed by atoms with van der Waals surface area (Å²) in [5.74, 6) is -0.249. The van der Waals surface area contributed by atoms with E-state index in [0.717, 1.165) is 49.9 Å². The maximum absolute atomic E-state index is 13.0. The summed E-state index contributed by atoms with van der Waals surface area (Å²) in [6.45, 7) is 1.92. The molecule has 0 bridgehead atoms. The molecule has 8 nitrogen and oxygen atoms in total. The lowest BCUT2D eigenvalue weighted by molar-refractivity contribution is -0.274. The fourth-order valence-electron chi connectivity index (χ4n) is 6.37. The molecule has 1 saturated carbocycles. The molecule has 6 rings (SSSR count). The van der Waals surface area contributed by atoms with Gasteiger partial charge in [-0.15, -0.1) is 13.2 Å². The van der Waals surface area contributed by atoms with Crippen molar-refractivity contribution in [3.05, 3.63) is 59.2 Å². The van der Waals surface area contributed by atoms with E-state index in [1.165, 1.54) is 17.0 Å². The Morgan fingerprint density at radius 2 is 1.62 bits per heavy atom. The number of benzene rings is 2. The number of piperidine rings is 1. The van der Waals surface area contributed by atoms with Gasteiger partial charge in [-0.1, -0.05) is 18.6 Å². The molecule has 1 aliphatic carbocycles. The SMILES string of the molecule is O=C1CCC(N2Cc3cc(O[C@@H]4CCCC[C@@H]4N4CC(c5ccc(OC(F)(F)F)cc5)C4)ccc3C2=O)C(=O)N1. The minimum absolute atomic E-state index is 0.0151. The lowest BCUT2D eigenvalue weighted by Crippen LogP contribution is -2.57. The Morgan fingerprint density at radius 3 is 2.35 bits per heavy atom. The molecule has 3 aliphatic heterocycles. The molecule has 3 heterocycles. The molecule has 0 radical (unpaired) electrons. The van der Waals surface area contributed by atoms with Gasteiger partial charge in [-0.2, -0.15) is 0 Å². The number of rotatable bonds is 6. The number of amides is 3. The van der Waals surface area contributed by atoms with Gasteiger partial charge in [-0.3, -0.25) is 24.6 Å². The standard InChI is InChI=1S/C29H30F3N3O5/c30-29(31,32)40-20-7-5-17(6-8-20)19-14-34(15-19)23-3-1-2-4-25(23)39-21-9-10-22-18(13-21)16-35(28(22)38)24-11-12-26(36)33-27(24)37/h5-10,13,19,23-25H,1-4,11-12,14-16H2,(H,33,36,37)/t23-,24?,25+/m0/s1. The fraction of sp³-hybridized carbons (Fsp3) is 0.483. The summed E-state index contributed by atoms with van der Waals surface area (Å²) in [5.41, 5.74) is 2.35. The normalized spacial score (nSPS) is 25.8. The van der Waals surface area contributed by atoms with Crippen molar-refractivity contribution in [3.8, 4) is 11.5 Å². The summed E-state index contributed by atoms with van der Waals surface area (Å²) in [5, 5.41) is 2.32. The summed E-state index contributed by atoms with van der Waals surface area (Å²) in [6, 6.07) is 11.1. The van der Waals surface area contributed by atoms with Crippen LogP contribution in [0, 0.1) is 0 Å². The van der Waals surface area contributed by atoms with E-state index in [9.17, 15) is 27.6 Å². The number of ether oxygens (including phenoxy) is 2. The topological polar surface area (TPSA) is 88.2 Å². The molecule has 0 aromatic heterocycles. The number of alkyl halides is 3. The Bertz CT molecular complexity index is 1310. The number of fused-ring (bicyclic) bond motifs is 1. The Balaban J connectivity index is 1.08. The number of halogens is 3. The van der Waals surface area contributed by atoms with E-state index in [1.54, 1.807) is 24.3 Å². The maximum Gasteiger partial charge on any atom is 0.573 e. The van der Waals surface area contributed by atoms with Gasteiger partial charge in [-0.25, -0.2) is 0 Å². The molecule has 3 amide bonds. The molecule has 2 aromatic carbocycles. The largest absolute Gasteiger partial charge is 0.573 e. The first-order valence-electron chi connectivity index (χ1n) is 13.7. The summed E-state index contributed by atoms with van der Waals surface area (Å²) >= 11 is 0. The van der Waals surface area contributed by atoms with Crippen molar-refractivity contribution in [1.82, 2.24) is 15.1 Å². The highest BCUT2D eigenvalue weighted by Crippen LogP contribution is 2.37. The van der Waals surface area contributed by atoms with Crippen LogP contribution in [0.3, 0.4) is 0 Å². The third kappa shape index (κ3) is 5.39. The predicted octanol–water partition coefficient (Wildman–Crippen LogP) is 4.14. The van der Waals surface area contributed by atoms with Crippen molar-refractivity contribution in [1.29, 1.82) is 0 Å². The average Bonchev–Trinajstić information content (AvgIpc) is 3.19. The van der Waals surface area contributed by atoms with Crippen LogP contribution in [0.25, 0.3) is 0 Å². The minimum Gasteiger partial charge on any atom is -0.489 e. The number of nitrogens with one attached hydrogen (secondary N) is 1. The molecule has 1 N–H and O–H groups in total. The van der Waals surface area contributed by atoms with Crippen molar-refractivity contribution in [2.75, 3.05) is 13.1 Å². The fourth-order valence-corrected chi connectivity index (χ4v) is 6.37. The van der Waals surface area contributed by atoms with E-state index < -0.39 is 18.3 Å². The van der Waals surface area contributed by atoms with Crippen LogP contribution in [0.2, 0.25) is 0 Å². The van der Waals surface area contributed by atoms with Crippen LogP contribution < -0.4 is 14.8 Å². The Morgan fingerprint density at radius 1 is 0.900 bits per heavy atom. The first-order valence-corrected chi connectivity index (χ1v) is 13.7. The number of nitrogens with zero attached hydrogens (tertiary/aromatic N) is 2. The maximum atomic E-state index is 13.0. The van der Waals surface area contributed by atoms with Gasteiger partial charge in [0.25, 0.3) is 5.91 Å². The van der Waals surface area contributed by atoms with Gasteiger partial charge in [0.1, 0.15) is 23.6 Å². The van der Waals surface area contributed by atoms with E-state index in [2.05, 4.69) is 15.0 Å². The second-order valence-electron chi connectivity index (χ2n) is 11.0. The Kier molecular flexibility index (Phi) is 6.93. The lowest BCUT2D eigenvalue weighted by Gasteiger charge is -2.48. The third-order valence-electron chi connectivity index (χ3n) is 8.41. The van der Waals surface area contributed by atoms with E-state index in [1.807, 2.05) is 6.07 Å². The highest BCUT2D eigenvalue weighted by atomic mass is 19.4. The van der Waals surface area contributed by atoms with Crippen LogP contribution >= 0.6 is 0 Å². The molecular weight excluding hydrogens is 527 g/mol. The number of hydrogen-bond acceptors (Lipinski definition) is 6. The quantitative estimate of drug-likeness (QED) is 0.538. The smallest absolute Gasteiger partial charge is 0.489 e. The van der Waals surface area contributed by atoms with Gasteiger partial charge in [0, 0.05) is 43.6 Å². The molecule has 2 aromatic rings. The lowest BCUT2D eigenvalue weighted by atomic mass is 9.84. The van der Waals surface area contributed by atoms with E-state index in [4.69, 9.17) is 4.74 Å². The van der Waals surface area contributed by atoms with Crippen molar-refractivity contribution in [3.63, 3.8) is 0 Å². The van der Waals surface area contributed by atoms with Gasteiger partial charge in [-0.05, 0) is 67.1 Å². The van der Waals surface area contributed by atoms with Crippen molar-refractivity contribution >= 4 is 17.7 Å². The summed E-state index contributed by atoms with van der Waals surface area (Å²) in [7, 11) is 0. The first-order chi connectivity index (χ1) is 19.1. The van der Waals surface area contributed by atoms with Crippen molar-refractivity contribution < 1.29 is 37.0 Å². The molecule has 3 fully saturated rings. The number of likely N-dealkylation sites (tertiary alicyclic amines) is 1. The minimum atomic E-state index is -4.70. The summed E-state index contributed by atoms with van der Waals surface area (Å²) in [6.07, 6.45) is -0.107. The molecule has 4 aliphatic rings. The molecule has 0 spiro atoms. The summed E-state index contributed by atoms with van der Waals surface area (Å²) < 4.78 is 47.8. The molecule has 3 atom stereocenters. The zero-order valence-electron chi connectivity index (χ0n) is 21.8. The van der Waals surface area contributed by atoms with Gasteiger partial charge in [0.15, 0.2) is 0 Å². The third-order valence-corrected chi connectivity index (χ3v) is 8.41. The Labute approximate surface area is 229 Å². The number of carbonyl (C=O) groups is 3. The monoisotopic (exact) mass is 557 g/mol. The van der Waals surface area contributed by atoms with Crippen LogP contribution in [0.5, 0.6) is 11.5 Å². The zero-order valence-corrected chi connectivity index (χ0v) is 21.8. The van der Waals surface area contributed by atoms with E-state index in [0.29, 0.717) is 24.3 Å². The molecular formula is C29H30F3N3O5. The van der Waals surface area contributed by atoms with Gasteiger partial charge >= 0.3 is 6.36 Å². The van der Waals surface area contributed by atoms with Gasteiger partial charge < -0.3 is 14.4 Å². The zero-order chi connectivity index (χ0) is 28.0. The van der Waals surface area contributed by atoms with Crippen LogP contribution in [0.1, 0.15) is 65.9 Å². The summed E-state index contributed by atoms with van der Waals surface area (Å²) in [4.78, 5) is 40.8. The van der Waals surface area contributed by atoms with Crippen molar-refractivity contribution in [2.45, 2.75) is 75.5 Å². The average molecular weight is 558 g/mol. The molecule has 2 saturated heterocycles. The first kappa shape index (κ1) is 26.6. The van der Waals surface area contributed by atoms with Gasteiger partial charge in [0.2, 0.25) is 11.8 Å². The molecule has 11 heteroatoms. The highest BCUT2D eigenvalue weighted by molar-refractivity contribution is 6.05. The van der Waals surface area contributed by atoms with E-state index in [-0.39, 0.29) is 42.0 Å². The molecule has 212 valence electrons.